The summed E-state index contributed by atoms with van der Waals surface area (Å²) in [6.07, 6.45) is 0. The molecule has 98 valence electrons. The van der Waals surface area contributed by atoms with Gasteiger partial charge in [0.25, 0.3) is 0 Å². The molecule has 1 amide bonds. The number of amides is 1. The average molecular weight is 257 g/mol. The molecule has 0 heterocycles. The quantitative estimate of drug-likeness (QED) is 0.852. The van der Waals surface area contributed by atoms with Crippen molar-refractivity contribution in [2.24, 2.45) is 0 Å². The lowest BCUT2D eigenvalue weighted by Gasteiger charge is -2.08. The van der Waals surface area contributed by atoms with Gasteiger partial charge in [-0.15, -0.1) is 0 Å². The van der Waals surface area contributed by atoms with E-state index in [0.29, 0.717) is 0 Å². The van der Waals surface area contributed by atoms with Gasteiger partial charge in [0.2, 0.25) is 5.91 Å². The molecule has 0 unspecified atom stereocenters. The second-order valence-corrected chi connectivity index (χ2v) is 4.21. The zero-order valence-corrected chi connectivity index (χ0v) is 10.7. The van der Waals surface area contributed by atoms with Gasteiger partial charge in [-0.1, -0.05) is 42.5 Å². The van der Waals surface area contributed by atoms with Gasteiger partial charge in [-0.2, -0.15) is 0 Å². The summed E-state index contributed by atoms with van der Waals surface area (Å²) in [4.78, 5) is 22.1. The molecule has 2 aromatic carbocycles. The van der Waals surface area contributed by atoms with E-state index < -0.39 is 5.97 Å². The van der Waals surface area contributed by atoms with Crippen LogP contribution in [0.25, 0.3) is 10.8 Å². The monoisotopic (exact) mass is 257 g/mol. The molecule has 0 bridgehead atoms. The molecule has 0 aliphatic heterocycles. The third kappa shape index (κ3) is 3.55. The third-order valence-corrected chi connectivity index (χ3v) is 2.75. The van der Waals surface area contributed by atoms with E-state index in [0.717, 1.165) is 16.3 Å². The van der Waals surface area contributed by atoms with Crippen LogP contribution in [0.1, 0.15) is 12.5 Å². The lowest BCUT2D eigenvalue weighted by Crippen LogP contribution is -2.28. The molecule has 0 aromatic heterocycles. The van der Waals surface area contributed by atoms with Gasteiger partial charge in [-0.3, -0.25) is 9.59 Å². The first-order chi connectivity index (χ1) is 9.16. The van der Waals surface area contributed by atoms with Crippen LogP contribution in [0.2, 0.25) is 0 Å². The molecular weight excluding hydrogens is 242 g/mol. The number of rotatable bonds is 4. The number of esters is 1. The maximum Gasteiger partial charge on any atom is 0.325 e. The fraction of sp³-hybridized carbons (Fsp3) is 0.200. The van der Waals surface area contributed by atoms with Gasteiger partial charge in [0.1, 0.15) is 13.2 Å². The Labute approximate surface area is 111 Å². The molecular formula is C15H15NO3. The topological polar surface area (TPSA) is 55.4 Å². The predicted octanol–water partition coefficient (Wildman–Crippen LogP) is 2.02. The van der Waals surface area contributed by atoms with Crippen LogP contribution in [0.3, 0.4) is 0 Å². The summed E-state index contributed by atoms with van der Waals surface area (Å²) < 4.78 is 5.13. The lowest BCUT2D eigenvalue weighted by atomic mass is 10.1. The molecule has 0 aliphatic rings. The summed E-state index contributed by atoms with van der Waals surface area (Å²) in [5, 5.41) is 4.58. The fourth-order valence-electron chi connectivity index (χ4n) is 1.82. The largest absolute Gasteiger partial charge is 0.459 e. The molecule has 0 atom stereocenters. The Kier molecular flexibility index (Phi) is 4.13. The molecule has 0 radical (unpaired) electrons. The molecule has 0 fully saturated rings. The minimum absolute atomic E-state index is 0.0971. The number of ether oxygens (including phenoxy) is 1. The summed E-state index contributed by atoms with van der Waals surface area (Å²) in [7, 11) is 0. The van der Waals surface area contributed by atoms with Crippen molar-refractivity contribution in [2.45, 2.75) is 13.5 Å². The van der Waals surface area contributed by atoms with Crippen molar-refractivity contribution in [1.29, 1.82) is 0 Å². The zero-order valence-electron chi connectivity index (χ0n) is 10.7. The molecule has 0 spiro atoms. The van der Waals surface area contributed by atoms with Gasteiger partial charge in [0.05, 0.1) is 0 Å². The molecule has 0 saturated carbocycles. The summed E-state index contributed by atoms with van der Waals surface area (Å²) in [6, 6.07) is 13.8. The maximum atomic E-state index is 11.4. The standard InChI is InChI=1S/C15H15NO3/c1-11(17)16-9-15(18)19-10-13-7-4-6-12-5-2-3-8-14(12)13/h2-8H,9-10H2,1H3,(H,16,17). The molecule has 0 saturated heterocycles. The number of hydrogen-bond donors (Lipinski definition) is 1. The summed E-state index contributed by atoms with van der Waals surface area (Å²) in [6.45, 7) is 1.47. The number of nitrogens with one attached hydrogen (secondary N) is 1. The van der Waals surface area contributed by atoms with E-state index >= 15 is 0 Å². The molecule has 0 aliphatic carbocycles. The zero-order chi connectivity index (χ0) is 13.7. The fourth-order valence-corrected chi connectivity index (χ4v) is 1.82. The Bertz CT molecular complexity index is 602. The molecule has 19 heavy (non-hydrogen) atoms. The van der Waals surface area contributed by atoms with E-state index in [2.05, 4.69) is 5.32 Å². The van der Waals surface area contributed by atoms with Crippen molar-refractivity contribution in [3.63, 3.8) is 0 Å². The lowest BCUT2D eigenvalue weighted by molar-refractivity contribution is -0.145. The Morgan fingerprint density at radius 1 is 1.11 bits per heavy atom. The first kappa shape index (κ1) is 13.1. The van der Waals surface area contributed by atoms with Gasteiger partial charge in [-0.05, 0) is 16.3 Å². The minimum Gasteiger partial charge on any atom is -0.459 e. The van der Waals surface area contributed by atoms with Crippen LogP contribution in [0.5, 0.6) is 0 Å². The van der Waals surface area contributed by atoms with E-state index in [9.17, 15) is 9.59 Å². The Hall–Kier alpha value is -2.36. The summed E-state index contributed by atoms with van der Waals surface area (Å²) in [5.74, 6) is -0.690. The van der Waals surface area contributed by atoms with Crippen molar-refractivity contribution < 1.29 is 14.3 Å². The van der Waals surface area contributed by atoms with E-state index in [4.69, 9.17) is 4.74 Å². The van der Waals surface area contributed by atoms with Crippen LogP contribution in [0.15, 0.2) is 42.5 Å². The molecule has 2 rings (SSSR count). The number of carbonyl (C=O) groups is 2. The van der Waals surface area contributed by atoms with E-state index in [1.807, 2.05) is 42.5 Å². The Morgan fingerprint density at radius 3 is 2.63 bits per heavy atom. The highest BCUT2D eigenvalue weighted by atomic mass is 16.5. The number of benzene rings is 2. The van der Waals surface area contributed by atoms with Gasteiger partial charge < -0.3 is 10.1 Å². The first-order valence-corrected chi connectivity index (χ1v) is 6.03. The van der Waals surface area contributed by atoms with Crippen LogP contribution in [0.4, 0.5) is 0 Å². The van der Waals surface area contributed by atoms with Crippen molar-refractivity contribution in [1.82, 2.24) is 5.32 Å². The first-order valence-electron chi connectivity index (χ1n) is 6.03. The Balaban J connectivity index is 2.02. The van der Waals surface area contributed by atoms with E-state index in [-0.39, 0.29) is 19.1 Å². The predicted molar refractivity (Wildman–Crippen MR) is 72.4 cm³/mol. The normalized spacial score (nSPS) is 10.2. The third-order valence-electron chi connectivity index (χ3n) is 2.75. The highest BCUT2D eigenvalue weighted by Gasteiger charge is 2.06. The highest BCUT2D eigenvalue weighted by Crippen LogP contribution is 2.18. The van der Waals surface area contributed by atoms with Crippen LogP contribution >= 0.6 is 0 Å². The van der Waals surface area contributed by atoms with Crippen LogP contribution < -0.4 is 5.32 Å². The SMILES string of the molecule is CC(=O)NCC(=O)OCc1cccc2ccccc12. The Morgan fingerprint density at radius 2 is 1.84 bits per heavy atom. The number of carbonyl (C=O) groups excluding carboxylic acids is 2. The molecule has 2 aromatic rings. The van der Waals surface area contributed by atoms with Crippen LogP contribution in [-0.2, 0) is 20.9 Å². The maximum absolute atomic E-state index is 11.4. The van der Waals surface area contributed by atoms with Gasteiger partial charge in [-0.25, -0.2) is 0 Å². The molecule has 4 nitrogen and oxygen atoms in total. The minimum atomic E-state index is -0.442. The van der Waals surface area contributed by atoms with E-state index in [1.54, 1.807) is 0 Å². The number of hydrogen-bond acceptors (Lipinski definition) is 3. The second-order valence-electron chi connectivity index (χ2n) is 4.21. The second kappa shape index (κ2) is 6.00. The van der Waals surface area contributed by atoms with Crippen molar-refractivity contribution in [3.05, 3.63) is 48.0 Å². The summed E-state index contributed by atoms with van der Waals surface area (Å²) in [5.41, 5.74) is 0.953. The van der Waals surface area contributed by atoms with Crippen LogP contribution in [0, 0.1) is 0 Å². The number of fused-ring (bicyclic) bond motifs is 1. The van der Waals surface area contributed by atoms with Gasteiger partial charge in [0.15, 0.2) is 0 Å². The van der Waals surface area contributed by atoms with E-state index in [1.165, 1.54) is 6.92 Å². The molecule has 4 heteroatoms. The van der Waals surface area contributed by atoms with Crippen molar-refractivity contribution >= 4 is 22.6 Å². The highest BCUT2D eigenvalue weighted by molar-refractivity contribution is 5.86. The smallest absolute Gasteiger partial charge is 0.325 e. The van der Waals surface area contributed by atoms with Crippen LogP contribution in [-0.4, -0.2) is 18.4 Å². The van der Waals surface area contributed by atoms with Crippen molar-refractivity contribution in [2.75, 3.05) is 6.54 Å². The van der Waals surface area contributed by atoms with Gasteiger partial charge in [0, 0.05) is 6.92 Å². The van der Waals surface area contributed by atoms with Crippen molar-refractivity contribution in [3.8, 4) is 0 Å². The average Bonchev–Trinajstić information content (AvgIpc) is 2.42. The van der Waals surface area contributed by atoms with Gasteiger partial charge >= 0.3 is 5.97 Å². The molecule has 1 N–H and O–H groups in total. The summed E-state index contributed by atoms with van der Waals surface area (Å²) >= 11 is 0.